The largest absolute Gasteiger partial charge is 0.384 e. The molecule has 6 rings (SSSR count). The Morgan fingerprint density at radius 3 is 3.00 bits per heavy atom. The van der Waals surface area contributed by atoms with Crippen LogP contribution in [0.25, 0.3) is 32.5 Å². The van der Waals surface area contributed by atoms with Gasteiger partial charge in [0, 0.05) is 49.1 Å². The number of benzene rings is 1. The summed E-state index contributed by atoms with van der Waals surface area (Å²) in [6.45, 7) is 7.19. The lowest BCUT2D eigenvalue weighted by atomic mass is 9.99. The fourth-order valence-electron chi connectivity index (χ4n) is 5.20. The van der Waals surface area contributed by atoms with Crippen molar-refractivity contribution in [3.63, 3.8) is 0 Å². The molecule has 9 heteroatoms. The number of methoxy groups -OCH3 is 1. The maximum Gasteiger partial charge on any atom is 0.162 e. The molecule has 0 bridgehead atoms. The van der Waals surface area contributed by atoms with Gasteiger partial charge < -0.3 is 14.4 Å². The van der Waals surface area contributed by atoms with Crippen molar-refractivity contribution in [2.45, 2.75) is 19.4 Å². The lowest BCUT2D eigenvalue weighted by Crippen LogP contribution is -2.36. The summed E-state index contributed by atoms with van der Waals surface area (Å²) >= 11 is 1.84. The monoisotopic (exact) mass is 478 g/mol. The third-order valence-corrected chi connectivity index (χ3v) is 7.93. The molecular weight excluding hydrogens is 448 g/mol. The van der Waals surface area contributed by atoms with Crippen LogP contribution >= 0.6 is 11.3 Å². The van der Waals surface area contributed by atoms with Gasteiger partial charge in [-0.05, 0) is 37.4 Å². The molecule has 2 saturated heterocycles. The molecule has 0 spiro atoms. The number of morpholine rings is 1. The van der Waals surface area contributed by atoms with Crippen molar-refractivity contribution in [3.8, 4) is 11.4 Å². The maximum absolute atomic E-state index is 5.62. The number of fused-ring (bicyclic) bond motifs is 2. The minimum absolute atomic E-state index is 0.624. The van der Waals surface area contributed by atoms with E-state index in [1.165, 1.54) is 22.4 Å². The first-order valence-corrected chi connectivity index (χ1v) is 12.9. The SMILES string of the molecule is COCC1CCCN(Cc2cc3nc(-c4cccc5[nH]ncc45)nc(N4CCOCC4)c3s2)C1. The number of aromatic nitrogens is 4. The highest BCUT2D eigenvalue weighted by Gasteiger charge is 2.23. The molecule has 5 heterocycles. The predicted octanol–water partition coefficient (Wildman–Crippen LogP) is 3.93. The van der Waals surface area contributed by atoms with E-state index in [1.807, 2.05) is 29.7 Å². The summed E-state index contributed by atoms with van der Waals surface area (Å²) < 4.78 is 12.2. The van der Waals surface area contributed by atoms with Gasteiger partial charge in [-0.2, -0.15) is 5.10 Å². The number of ether oxygens (including phenoxy) is 2. The van der Waals surface area contributed by atoms with Crippen molar-refractivity contribution in [1.29, 1.82) is 0 Å². The molecule has 1 aromatic carbocycles. The van der Waals surface area contributed by atoms with Gasteiger partial charge in [0.25, 0.3) is 0 Å². The van der Waals surface area contributed by atoms with Crippen LogP contribution in [-0.4, -0.2) is 78.2 Å². The minimum atomic E-state index is 0.624. The minimum Gasteiger partial charge on any atom is -0.384 e. The molecule has 2 aliphatic rings. The fraction of sp³-hybridized carbons (Fsp3) is 0.480. The first-order valence-electron chi connectivity index (χ1n) is 12.1. The second-order valence-corrected chi connectivity index (χ2v) is 10.4. The van der Waals surface area contributed by atoms with Gasteiger partial charge in [0.05, 0.1) is 41.8 Å². The Morgan fingerprint density at radius 2 is 2.12 bits per heavy atom. The molecule has 34 heavy (non-hydrogen) atoms. The second kappa shape index (κ2) is 9.58. The van der Waals surface area contributed by atoms with Gasteiger partial charge in [-0.3, -0.25) is 10.00 Å². The molecule has 178 valence electrons. The van der Waals surface area contributed by atoms with Crippen LogP contribution in [0.15, 0.2) is 30.5 Å². The van der Waals surface area contributed by atoms with Crippen LogP contribution in [0.2, 0.25) is 0 Å². The van der Waals surface area contributed by atoms with Crippen LogP contribution < -0.4 is 4.90 Å². The zero-order valence-electron chi connectivity index (χ0n) is 19.5. The number of aromatic amines is 1. The van der Waals surface area contributed by atoms with E-state index in [0.29, 0.717) is 5.92 Å². The molecule has 1 atom stereocenters. The molecule has 2 fully saturated rings. The van der Waals surface area contributed by atoms with Crippen LogP contribution in [0, 0.1) is 5.92 Å². The van der Waals surface area contributed by atoms with Crippen molar-refractivity contribution in [3.05, 3.63) is 35.3 Å². The van der Waals surface area contributed by atoms with Crippen molar-refractivity contribution < 1.29 is 9.47 Å². The molecule has 4 aromatic rings. The number of anilines is 1. The van der Waals surface area contributed by atoms with E-state index in [0.717, 1.165) is 86.2 Å². The summed E-state index contributed by atoms with van der Waals surface area (Å²) in [5, 5.41) is 8.34. The van der Waals surface area contributed by atoms with Crippen LogP contribution in [0.3, 0.4) is 0 Å². The number of piperidine rings is 1. The normalized spacial score (nSPS) is 19.9. The van der Waals surface area contributed by atoms with Gasteiger partial charge >= 0.3 is 0 Å². The summed E-state index contributed by atoms with van der Waals surface area (Å²) in [4.78, 5) is 16.4. The average Bonchev–Trinajstić information content (AvgIpc) is 3.51. The number of hydrogen-bond acceptors (Lipinski definition) is 8. The smallest absolute Gasteiger partial charge is 0.162 e. The van der Waals surface area contributed by atoms with Gasteiger partial charge in [0.15, 0.2) is 11.6 Å². The predicted molar refractivity (Wildman–Crippen MR) is 135 cm³/mol. The van der Waals surface area contributed by atoms with E-state index in [4.69, 9.17) is 19.4 Å². The first kappa shape index (κ1) is 21.9. The Hall–Kier alpha value is -2.59. The van der Waals surface area contributed by atoms with Gasteiger partial charge in [0.2, 0.25) is 0 Å². The molecule has 2 aliphatic heterocycles. The topological polar surface area (TPSA) is 79.4 Å². The quantitative estimate of drug-likeness (QED) is 0.450. The number of nitrogens with one attached hydrogen (secondary N) is 1. The summed E-state index contributed by atoms with van der Waals surface area (Å²) in [6, 6.07) is 8.42. The van der Waals surface area contributed by atoms with Crippen LogP contribution in [0.4, 0.5) is 5.82 Å². The highest BCUT2D eigenvalue weighted by atomic mass is 32.1. The molecule has 0 radical (unpaired) electrons. The van der Waals surface area contributed by atoms with E-state index < -0.39 is 0 Å². The zero-order chi connectivity index (χ0) is 22.9. The number of hydrogen-bond donors (Lipinski definition) is 1. The van der Waals surface area contributed by atoms with Crippen LogP contribution in [0.5, 0.6) is 0 Å². The van der Waals surface area contributed by atoms with Gasteiger partial charge in [-0.25, -0.2) is 9.97 Å². The molecule has 1 N–H and O–H groups in total. The van der Waals surface area contributed by atoms with E-state index >= 15 is 0 Å². The summed E-state index contributed by atoms with van der Waals surface area (Å²) in [7, 11) is 1.80. The first-order chi connectivity index (χ1) is 16.8. The van der Waals surface area contributed by atoms with Crippen molar-refractivity contribution >= 4 is 38.3 Å². The van der Waals surface area contributed by atoms with E-state index in [1.54, 1.807) is 7.11 Å². The molecule has 8 nitrogen and oxygen atoms in total. The number of nitrogens with zero attached hydrogens (tertiary/aromatic N) is 5. The van der Waals surface area contributed by atoms with Crippen molar-refractivity contribution in [2.24, 2.45) is 5.92 Å². The molecule has 0 aliphatic carbocycles. The number of rotatable bonds is 6. The Bertz CT molecular complexity index is 1280. The highest BCUT2D eigenvalue weighted by Crippen LogP contribution is 2.36. The molecule has 3 aromatic heterocycles. The van der Waals surface area contributed by atoms with Crippen LogP contribution in [-0.2, 0) is 16.0 Å². The summed E-state index contributed by atoms with van der Waals surface area (Å²) in [5.41, 5.74) is 3.03. The van der Waals surface area contributed by atoms with Crippen molar-refractivity contribution in [2.75, 3.05) is 58.0 Å². The summed E-state index contributed by atoms with van der Waals surface area (Å²) in [5.74, 6) is 2.40. The van der Waals surface area contributed by atoms with E-state index in [2.05, 4.69) is 32.1 Å². The Morgan fingerprint density at radius 1 is 1.21 bits per heavy atom. The summed E-state index contributed by atoms with van der Waals surface area (Å²) in [6.07, 6.45) is 4.35. The van der Waals surface area contributed by atoms with E-state index in [9.17, 15) is 0 Å². The third-order valence-electron chi connectivity index (χ3n) is 6.83. The zero-order valence-corrected chi connectivity index (χ0v) is 20.3. The van der Waals surface area contributed by atoms with Gasteiger partial charge in [-0.15, -0.1) is 11.3 Å². The number of thiophene rings is 1. The van der Waals surface area contributed by atoms with Gasteiger partial charge in [0.1, 0.15) is 0 Å². The van der Waals surface area contributed by atoms with Crippen molar-refractivity contribution in [1.82, 2.24) is 25.1 Å². The van der Waals surface area contributed by atoms with Gasteiger partial charge in [-0.1, -0.05) is 12.1 Å². The average molecular weight is 479 g/mol. The Labute approximate surface area is 202 Å². The number of H-pyrrole nitrogens is 1. The standard InChI is InChI=1S/C25H30N6O2S/c1-32-16-17-4-3-7-30(14-17)15-18-12-22-23(34-18)25(31-8-10-33-11-9-31)28-24(27-22)19-5-2-6-21-20(19)13-26-29-21/h2,5-6,12-13,17H,3-4,7-11,14-16H2,1H3,(H,26,29). The molecule has 1 unspecified atom stereocenters. The number of likely N-dealkylation sites (tertiary alicyclic amines) is 1. The maximum atomic E-state index is 5.62. The second-order valence-electron chi connectivity index (χ2n) is 9.23. The lowest BCUT2D eigenvalue weighted by molar-refractivity contribution is 0.0878. The highest BCUT2D eigenvalue weighted by molar-refractivity contribution is 7.19. The molecule has 0 saturated carbocycles. The Kier molecular flexibility index (Phi) is 6.17. The molecular formula is C25H30N6O2S. The van der Waals surface area contributed by atoms with E-state index in [-0.39, 0.29) is 0 Å². The fourth-order valence-corrected chi connectivity index (χ4v) is 6.36. The molecule has 0 amide bonds. The Balaban J connectivity index is 1.39. The van der Waals surface area contributed by atoms with Crippen LogP contribution in [0.1, 0.15) is 17.7 Å². The third kappa shape index (κ3) is 4.29. The lowest BCUT2D eigenvalue weighted by Gasteiger charge is -2.31.